The number of fused-ring (bicyclic) bond motifs is 1. The summed E-state index contributed by atoms with van der Waals surface area (Å²) in [5, 5.41) is 26.9. The number of rotatable bonds is 5. The minimum absolute atomic E-state index is 0.102. The molecule has 0 bridgehead atoms. The molecule has 38 heavy (non-hydrogen) atoms. The largest absolute Gasteiger partial charge is 0.409 e. The second-order valence-electron chi connectivity index (χ2n) is 8.99. The molecule has 0 aliphatic carbocycles. The molecule has 1 aliphatic rings. The van der Waals surface area contributed by atoms with Crippen LogP contribution in [0.15, 0.2) is 77.1 Å². The van der Waals surface area contributed by atoms with Crippen LogP contribution in [0, 0.1) is 0 Å². The summed E-state index contributed by atoms with van der Waals surface area (Å²) >= 11 is 6.30. The van der Waals surface area contributed by atoms with E-state index in [4.69, 9.17) is 16.8 Å². The van der Waals surface area contributed by atoms with E-state index >= 15 is 0 Å². The van der Waals surface area contributed by atoms with Crippen LogP contribution in [0.5, 0.6) is 0 Å². The number of H-pyrrole nitrogens is 1. The number of nitrogens with one attached hydrogen (secondary N) is 2. The van der Waals surface area contributed by atoms with E-state index in [0.29, 0.717) is 16.7 Å². The third-order valence-electron chi connectivity index (χ3n) is 6.59. The molecule has 0 radical (unpaired) electrons. The first kappa shape index (κ1) is 23.6. The summed E-state index contributed by atoms with van der Waals surface area (Å²) in [6.07, 6.45) is 4.82. The molecule has 5 aromatic rings. The Morgan fingerprint density at radius 1 is 1.16 bits per heavy atom. The van der Waals surface area contributed by atoms with E-state index in [2.05, 4.69) is 36.0 Å². The SMILES string of the molecule is C/C(=N\O)Nc1ccc(-c2ncc([C@@H]3CCc4cc(-c5cc(Cl)ccc5-n5cnnn5)cc(=O)n43)[nH]2)cc1. The van der Waals surface area contributed by atoms with Crippen molar-refractivity contribution in [3.05, 3.63) is 93.9 Å². The topological polar surface area (TPSA) is 139 Å². The molecule has 0 spiro atoms. The Kier molecular flexibility index (Phi) is 5.97. The molecule has 4 heterocycles. The van der Waals surface area contributed by atoms with Crippen LogP contribution in [0.25, 0.3) is 28.2 Å². The molecule has 0 unspecified atom stereocenters. The highest BCUT2D eigenvalue weighted by molar-refractivity contribution is 6.31. The number of aromatic nitrogens is 7. The first-order chi connectivity index (χ1) is 18.5. The lowest BCUT2D eigenvalue weighted by atomic mass is 10.0. The van der Waals surface area contributed by atoms with Gasteiger partial charge in [0.25, 0.3) is 5.56 Å². The molecule has 12 heteroatoms. The van der Waals surface area contributed by atoms with Crippen molar-refractivity contribution in [1.29, 1.82) is 0 Å². The zero-order chi connectivity index (χ0) is 26.2. The van der Waals surface area contributed by atoms with Gasteiger partial charge in [-0.1, -0.05) is 16.8 Å². The fourth-order valence-corrected chi connectivity index (χ4v) is 5.02. The highest BCUT2D eigenvalue weighted by Gasteiger charge is 2.27. The number of aromatic amines is 1. The van der Waals surface area contributed by atoms with Gasteiger partial charge in [-0.25, -0.2) is 4.98 Å². The van der Waals surface area contributed by atoms with E-state index in [9.17, 15) is 4.79 Å². The van der Waals surface area contributed by atoms with Gasteiger partial charge in [0.15, 0.2) is 0 Å². The molecule has 0 fully saturated rings. The molecule has 0 amide bonds. The van der Waals surface area contributed by atoms with Crippen molar-refractivity contribution in [2.24, 2.45) is 5.16 Å². The number of pyridine rings is 1. The Labute approximate surface area is 221 Å². The van der Waals surface area contributed by atoms with Crippen molar-refractivity contribution in [2.75, 3.05) is 5.32 Å². The van der Waals surface area contributed by atoms with Gasteiger partial charge in [0.2, 0.25) is 0 Å². The second-order valence-corrected chi connectivity index (χ2v) is 9.43. The average molecular weight is 528 g/mol. The third-order valence-corrected chi connectivity index (χ3v) is 6.82. The zero-order valence-corrected chi connectivity index (χ0v) is 21.0. The molecule has 2 aromatic carbocycles. The summed E-state index contributed by atoms with van der Waals surface area (Å²) < 4.78 is 3.38. The molecule has 0 saturated carbocycles. The zero-order valence-electron chi connectivity index (χ0n) is 20.2. The van der Waals surface area contributed by atoms with Crippen LogP contribution < -0.4 is 10.9 Å². The monoisotopic (exact) mass is 527 g/mol. The van der Waals surface area contributed by atoms with Crippen LogP contribution in [0.2, 0.25) is 5.02 Å². The summed E-state index contributed by atoms with van der Waals surface area (Å²) in [7, 11) is 0. The maximum Gasteiger partial charge on any atom is 0.251 e. The molecule has 11 nitrogen and oxygen atoms in total. The minimum Gasteiger partial charge on any atom is -0.409 e. The quantitative estimate of drug-likeness (QED) is 0.134. The fourth-order valence-electron chi connectivity index (χ4n) is 4.85. The van der Waals surface area contributed by atoms with Crippen LogP contribution >= 0.6 is 11.6 Å². The normalized spacial score (nSPS) is 15.0. The van der Waals surface area contributed by atoms with Crippen LogP contribution in [0.3, 0.4) is 0 Å². The lowest BCUT2D eigenvalue weighted by Crippen LogP contribution is -2.23. The summed E-state index contributed by atoms with van der Waals surface area (Å²) in [5.41, 5.74) is 5.67. The van der Waals surface area contributed by atoms with E-state index in [1.54, 1.807) is 29.9 Å². The molecule has 1 atom stereocenters. The van der Waals surface area contributed by atoms with Crippen LogP contribution in [-0.2, 0) is 6.42 Å². The number of anilines is 1. The molecule has 3 aromatic heterocycles. The van der Waals surface area contributed by atoms with Crippen molar-refractivity contribution in [1.82, 2.24) is 34.7 Å². The van der Waals surface area contributed by atoms with Gasteiger partial charge in [-0.05, 0) is 84.3 Å². The summed E-state index contributed by atoms with van der Waals surface area (Å²) in [6, 6.07) is 16.5. The number of benzene rings is 2. The molecule has 0 saturated heterocycles. The number of hydrogen-bond donors (Lipinski definition) is 3. The predicted octanol–water partition coefficient (Wildman–Crippen LogP) is 4.29. The number of oxime groups is 1. The highest BCUT2D eigenvalue weighted by atomic mass is 35.5. The van der Waals surface area contributed by atoms with Crippen molar-refractivity contribution < 1.29 is 5.21 Å². The summed E-state index contributed by atoms with van der Waals surface area (Å²) in [6.45, 7) is 1.67. The number of halogens is 1. The van der Waals surface area contributed by atoms with Crippen molar-refractivity contribution >= 4 is 23.1 Å². The highest BCUT2D eigenvalue weighted by Crippen LogP contribution is 2.34. The van der Waals surface area contributed by atoms with Crippen molar-refractivity contribution in [3.63, 3.8) is 0 Å². The fraction of sp³-hybridized carbons (Fsp3) is 0.154. The van der Waals surface area contributed by atoms with Crippen LogP contribution in [0.4, 0.5) is 5.69 Å². The van der Waals surface area contributed by atoms with Crippen LogP contribution in [-0.4, -0.2) is 45.8 Å². The van der Waals surface area contributed by atoms with E-state index in [0.717, 1.165) is 52.3 Å². The number of hydrogen-bond acceptors (Lipinski definition) is 7. The lowest BCUT2D eigenvalue weighted by molar-refractivity contribution is 0.318. The van der Waals surface area contributed by atoms with Gasteiger partial charge >= 0.3 is 0 Å². The molecular weight excluding hydrogens is 506 g/mol. The number of tetrazole rings is 1. The molecular formula is C26H22ClN9O2. The number of amidine groups is 1. The molecule has 3 N–H and O–H groups in total. The molecule has 190 valence electrons. The van der Waals surface area contributed by atoms with Gasteiger partial charge in [0, 0.05) is 33.6 Å². The maximum atomic E-state index is 13.4. The van der Waals surface area contributed by atoms with Gasteiger partial charge in [0.1, 0.15) is 18.0 Å². The lowest BCUT2D eigenvalue weighted by Gasteiger charge is -2.15. The number of aryl methyl sites for hydroxylation is 1. The van der Waals surface area contributed by atoms with Crippen molar-refractivity contribution in [3.8, 4) is 28.2 Å². The second kappa shape index (κ2) is 9.60. The standard InChI is InChI=1S/C26H22ClN9O2/c1-15(32-38)30-19-5-2-16(3-6-19)26-28-13-22(31-26)24-9-7-20-10-17(11-25(37)36(20)24)21-12-18(27)4-8-23(21)35-14-29-33-34-35/h2-6,8,10-14,24,38H,7,9H2,1H3,(H,28,31)(H,30,32)/t24-/m0/s1. The van der Waals surface area contributed by atoms with Gasteiger partial charge in [-0.15, -0.1) is 5.10 Å². The Balaban J connectivity index is 1.31. The first-order valence-corrected chi connectivity index (χ1v) is 12.3. The van der Waals surface area contributed by atoms with E-state index in [1.165, 1.54) is 6.33 Å². The maximum absolute atomic E-state index is 13.4. The smallest absolute Gasteiger partial charge is 0.251 e. The first-order valence-electron chi connectivity index (χ1n) is 11.9. The Bertz CT molecular complexity index is 1710. The summed E-state index contributed by atoms with van der Waals surface area (Å²) in [5.74, 6) is 1.11. The molecule has 6 rings (SSSR count). The Morgan fingerprint density at radius 3 is 2.76 bits per heavy atom. The van der Waals surface area contributed by atoms with Crippen molar-refractivity contribution in [2.45, 2.75) is 25.8 Å². The van der Waals surface area contributed by atoms with E-state index in [1.807, 2.05) is 47.0 Å². The number of nitrogens with zero attached hydrogens (tertiary/aromatic N) is 7. The van der Waals surface area contributed by atoms with Crippen LogP contribution in [0.1, 0.15) is 30.8 Å². The average Bonchev–Trinajstić information content (AvgIpc) is 3.70. The van der Waals surface area contributed by atoms with Gasteiger partial charge in [0.05, 0.1) is 23.6 Å². The number of imidazole rings is 1. The molecule has 1 aliphatic heterocycles. The van der Waals surface area contributed by atoms with Gasteiger partial charge in [-0.3, -0.25) is 4.79 Å². The Morgan fingerprint density at radius 2 is 2.00 bits per heavy atom. The van der Waals surface area contributed by atoms with E-state index in [-0.39, 0.29) is 11.6 Å². The minimum atomic E-state index is -0.143. The summed E-state index contributed by atoms with van der Waals surface area (Å²) in [4.78, 5) is 21.4. The Hall–Kier alpha value is -4.77. The third kappa shape index (κ3) is 4.33. The predicted molar refractivity (Wildman–Crippen MR) is 143 cm³/mol. The van der Waals surface area contributed by atoms with E-state index < -0.39 is 0 Å². The van der Waals surface area contributed by atoms with Gasteiger partial charge < -0.3 is 20.1 Å². The van der Waals surface area contributed by atoms with Gasteiger partial charge in [-0.2, -0.15) is 4.68 Å².